The van der Waals surface area contributed by atoms with Gasteiger partial charge in [0.25, 0.3) is 0 Å². The molecular weight excluding hydrogens is 1010 g/mol. The number of furan rings is 1. The van der Waals surface area contributed by atoms with Gasteiger partial charge >= 0.3 is 20.1 Å². The smallest absolute Gasteiger partial charge is 0.500 e. The van der Waals surface area contributed by atoms with Crippen LogP contribution < -0.4 is 0 Å². The molecule has 0 unspecified atom stereocenters. The van der Waals surface area contributed by atoms with Crippen molar-refractivity contribution in [3.63, 3.8) is 0 Å². The molecule has 0 amide bonds. The molecule has 0 spiro atoms. The molecule has 4 heterocycles. The fraction of sp³-hybridized carbons (Fsp3) is 0.177. The summed E-state index contributed by atoms with van der Waals surface area (Å²) in [6.45, 7) is 5.19. The molecular formula is C62H51FIrN3O. The van der Waals surface area contributed by atoms with Crippen LogP contribution in [0.15, 0.2) is 175 Å². The molecule has 68 heavy (non-hydrogen) atoms. The van der Waals surface area contributed by atoms with Gasteiger partial charge in [-0.05, 0) is 111 Å². The van der Waals surface area contributed by atoms with E-state index in [9.17, 15) is 5.48 Å². The maximum Gasteiger partial charge on any atom is 3.00 e. The van der Waals surface area contributed by atoms with Gasteiger partial charge in [0.1, 0.15) is 11.4 Å². The zero-order valence-electron chi connectivity index (χ0n) is 50.6. The van der Waals surface area contributed by atoms with E-state index in [1.807, 2.05) is 91.3 Å². The minimum atomic E-state index is -3.05. The first-order valence-electron chi connectivity index (χ1n) is 28.3. The molecule has 6 heteroatoms. The van der Waals surface area contributed by atoms with Gasteiger partial charge in [-0.15, -0.1) is 90.0 Å². The molecule has 10 rings (SSSR count). The molecule has 0 radical (unpaired) electrons. The zero-order chi connectivity index (χ0) is 57.4. The van der Waals surface area contributed by atoms with Gasteiger partial charge in [-0.1, -0.05) is 123 Å². The number of aromatic nitrogens is 3. The first kappa shape index (κ1) is 32.8. The maximum absolute atomic E-state index is 16.2. The van der Waals surface area contributed by atoms with Crippen LogP contribution in [-0.4, -0.2) is 15.0 Å². The van der Waals surface area contributed by atoms with Crippen molar-refractivity contribution in [3.05, 3.63) is 233 Å². The van der Waals surface area contributed by atoms with Crippen LogP contribution in [0.5, 0.6) is 0 Å². The quantitative estimate of drug-likeness (QED) is 0.108. The Bertz CT molecular complexity index is 3880. The summed E-state index contributed by atoms with van der Waals surface area (Å²) >= 11 is 0. The number of aryl methyl sites for hydroxylation is 3. The van der Waals surface area contributed by atoms with Gasteiger partial charge in [-0.25, -0.2) is 4.39 Å². The Balaban J connectivity index is 0.00000792. The fourth-order valence-electron chi connectivity index (χ4n) is 8.61. The Labute approximate surface area is 431 Å². The molecule has 4 aromatic heterocycles. The van der Waals surface area contributed by atoms with Gasteiger partial charge in [-0.2, -0.15) is 0 Å². The van der Waals surface area contributed by atoms with Crippen LogP contribution in [0.1, 0.15) is 84.5 Å². The molecule has 0 aliphatic rings. The molecule has 0 atom stereocenters. The van der Waals surface area contributed by atoms with Crippen LogP contribution in [0.2, 0.25) is 0 Å². The van der Waals surface area contributed by atoms with Crippen LogP contribution in [-0.2, 0) is 56.5 Å². The number of hydrogen-bond acceptors (Lipinski definition) is 4. The number of benzene rings is 6. The van der Waals surface area contributed by atoms with E-state index in [1.165, 1.54) is 12.1 Å². The molecule has 4 nitrogen and oxygen atoms in total. The van der Waals surface area contributed by atoms with Gasteiger partial charge in [-0.3, -0.25) is 0 Å². The molecule has 0 aliphatic carbocycles. The van der Waals surface area contributed by atoms with Crippen LogP contribution in [0.4, 0.5) is 4.39 Å². The summed E-state index contributed by atoms with van der Waals surface area (Å²) in [7, 11) is 0. The van der Waals surface area contributed by atoms with Gasteiger partial charge in [0.15, 0.2) is 0 Å². The SMILES string of the molecule is [2H]c1cc2c(oc3c(-c4cc(C([2H])([2H])[2H])c(C([2H])([2H])C([2H])([2H])c5cc(CC(C)(C)c6ccc(-c7[c-]cccc7)nc6)cc(CC(C)(C)c6ccc(-c7[c-]cccc7)nc6)c5)cn4)[c-]ccc32)c(-c2c([2H])c([2H])c([2H])c([2H])c2[2H])c1F.[Ir+3]. The molecule has 0 saturated carbocycles. The Kier molecular flexibility index (Phi) is 9.35. The van der Waals surface area contributed by atoms with Crippen molar-refractivity contribution in [1.29, 1.82) is 0 Å². The maximum atomic E-state index is 16.2. The van der Waals surface area contributed by atoms with E-state index in [4.69, 9.17) is 26.7 Å². The van der Waals surface area contributed by atoms with E-state index in [0.29, 0.717) is 24.0 Å². The van der Waals surface area contributed by atoms with Gasteiger partial charge in [0, 0.05) is 33.6 Å². The zero-order valence-corrected chi connectivity index (χ0v) is 40.0. The number of nitrogens with zero attached hydrogens (tertiary/aromatic N) is 3. The van der Waals surface area contributed by atoms with Crippen molar-refractivity contribution < 1.29 is 46.7 Å². The third-order valence-corrected chi connectivity index (χ3v) is 12.1. The summed E-state index contributed by atoms with van der Waals surface area (Å²) in [4.78, 5) is 14.1. The third kappa shape index (κ3) is 9.63. The average Bonchev–Trinajstić information content (AvgIpc) is 3.90. The topological polar surface area (TPSA) is 51.8 Å². The summed E-state index contributed by atoms with van der Waals surface area (Å²) in [5, 5.41) is 0.408. The van der Waals surface area contributed by atoms with Crippen molar-refractivity contribution in [2.45, 2.75) is 71.0 Å². The van der Waals surface area contributed by atoms with Crippen molar-refractivity contribution in [3.8, 4) is 44.9 Å². The fourth-order valence-corrected chi connectivity index (χ4v) is 8.61. The van der Waals surface area contributed by atoms with E-state index < -0.39 is 94.8 Å². The van der Waals surface area contributed by atoms with E-state index in [1.54, 1.807) is 18.2 Å². The molecule has 0 aliphatic heterocycles. The normalized spacial score (nSPS) is 15.2. The molecule has 0 fully saturated rings. The molecule has 0 bridgehead atoms. The summed E-state index contributed by atoms with van der Waals surface area (Å²) < 4.78 is 138. The van der Waals surface area contributed by atoms with E-state index in [0.717, 1.165) is 45.9 Å². The largest absolute Gasteiger partial charge is 3.00 e. The second-order valence-electron chi connectivity index (χ2n) is 17.9. The molecule has 10 aromatic rings. The van der Waals surface area contributed by atoms with Gasteiger partial charge < -0.3 is 19.4 Å². The first-order valence-corrected chi connectivity index (χ1v) is 21.8. The van der Waals surface area contributed by atoms with Crippen molar-refractivity contribution in [2.24, 2.45) is 0 Å². The van der Waals surface area contributed by atoms with Crippen LogP contribution in [0.3, 0.4) is 0 Å². The summed E-state index contributed by atoms with van der Waals surface area (Å²) in [6, 6.07) is 38.8. The van der Waals surface area contributed by atoms with Crippen LogP contribution in [0, 0.1) is 30.9 Å². The van der Waals surface area contributed by atoms with Crippen LogP contribution in [0.25, 0.3) is 66.8 Å². The number of halogens is 1. The standard InChI is InChI=1S/C62H51FN3O.Ir/c1-41-32-57(53-23-15-22-51-52-28-29-54(63)58(60(52)67-59(51)53)47-20-13-8-14-21-47)64-38-48(41)25-24-42-33-43(36-61(2,3)49-26-30-55(65-39-49)45-16-9-6-10-17-45)35-44(34-42)37-62(4,5)50-27-31-56(66-40-50)46-18-11-7-12-19-46;/h6-16,18,20-22,26-35,38-40H,24-25,36-37H2,1-5H3;/q-3;+3/i1D3,8D,13D,14D,20D,21D,24D2,25D2,29D;. The minimum Gasteiger partial charge on any atom is -0.500 e. The number of rotatable bonds is 13. The minimum absolute atomic E-state index is 0. The second kappa shape index (κ2) is 19.4. The van der Waals surface area contributed by atoms with Gasteiger partial charge in [0.05, 0.1) is 19.4 Å². The second-order valence-corrected chi connectivity index (χ2v) is 17.9. The molecule has 6 aromatic carbocycles. The number of fused-ring (bicyclic) bond motifs is 3. The van der Waals surface area contributed by atoms with E-state index in [2.05, 4.69) is 50.9 Å². The molecule has 0 saturated heterocycles. The number of pyridine rings is 3. The van der Waals surface area contributed by atoms with E-state index in [-0.39, 0.29) is 58.9 Å². The molecule has 0 N–H and O–H groups in total. The Morgan fingerprint density at radius 3 is 1.79 bits per heavy atom. The Morgan fingerprint density at radius 1 is 0.618 bits per heavy atom. The molecule has 336 valence electrons. The van der Waals surface area contributed by atoms with E-state index >= 15 is 4.39 Å². The first-order chi connectivity index (χ1) is 37.7. The predicted molar refractivity (Wildman–Crippen MR) is 270 cm³/mol. The number of hydrogen-bond donors (Lipinski definition) is 0. The average molecular weight is 1080 g/mol. The Morgan fingerprint density at radius 2 is 1.22 bits per heavy atom. The summed E-state index contributed by atoms with van der Waals surface area (Å²) in [5.41, 5.74) is 2.78. The monoisotopic (exact) mass is 1080 g/mol. The summed E-state index contributed by atoms with van der Waals surface area (Å²) in [5.74, 6) is -1.20. The predicted octanol–water partition coefficient (Wildman–Crippen LogP) is 15.1. The van der Waals surface area contributed by atoms with Crippen LogP contribution >= 0.6 is 0 Å². The van der Waals surface area contributed by atoms with Crippen molar-refractivity contribution >= 4 is 21.9 Å². The Hall–Kier alpha value is -6.85. The van der Waals surface area contributed by atoms with Gasteiger partial charge in [0.2, 0.25) is 0 Å². The summed E-state index contributed by atoms with van der Waals surface area (Å²) in [6.07, 6.45) is -0.550. The third-order valence-electron chi connectivity index (χ3n) is 12.1. The van der Waals surface area contributed by atoms with Crippen molar-refractivity contribution in [2.75, 3.05) is 0 Å². The van der Waals surface area contributed by atoms with Crippen molar-refractivity contribution in [1.82, 2.24) is 15.0 Å².